The highest BCUT2D eigenvalue weighted by Gasteiger charge is 2.32. The largest absolute Gasteiger partial charge is 0.416 e. The SMILES string of the molecule is CCc1nccn1CC1CN(C(=O)Cc2ccc(C(F)(F)F)cc2)C1. The Hall–Kier alpha value is -2.31. The van der Waals surface area contributed by atoms with Gasteiger partial charge in [-0.3, -0.25) is 4.79 Å². The van der Waals surface area contributed by atoms with Crippen molar-refractivity contribution in [3.63, 3.8) is 0 Å². The molecule has 0 aliphatic carbocycles. The number of amides is 1. The molecule has 0 bridgehead atoms. The first kappa shape index (κ1) is 17.5. The van der Waals surface area contributed by atoms with Gasteiger partial charge in [0.15, 0.2) is 0 Å². The quantitative estimate of drug-likeness (QED) is 0.830. The van der Waals surface area contributed by atoms with Gasteiger partial charge in [-0.2, -0.15) is 13.2 Å². The Balaban J connectivity index is 1.49. The number of carbonyl (C=O) groups is 1. The predicted octanol–water partition coefficient (Wildman–Crippen LogP) is 3.17. The molecule has 0 atom stereocenters. The number of imidazole rings is 1. The Labute approximate surface area is 144 Å². The lowest BCUT2D eigenvalue weighted by molar-refractivity contribution is -0.137. The summed E-state index contributed by atoms with van der Waals surface area (Å²) in [5, 5.41) is 0. The molecule has 1 saturated heterocycles. The highest BCUT2D eigenvalue weighted by Crippen LogP contribution is 2.29. The molecular weight excluding hydrogens is 331 g/mol. The smallest absolute Gasteiger partial charge is 0.342 e. The van der Waals surface area contributed by atoms with E-state index in [1.807, 2.05) is 6.20 Å². The Morgan fingerprint density at radius 2 is 1.92 bits per heavy atom. The predicted molar refractivity (Wildman–Crippen MR) is 86.8 cm³/mol. The van der Waals surface area contributed by atoms with Gasteiger partial charge >= 0.3 is 6.18 Å². The van der Waals surface area contributed by atoms with E-state index in [-0.39, 0.29) is 12.3 Å². The molecule has 1 aliphatic heterocycles. The molecule has 1 amide bonds. The first-order chi connectivity index (χ1) is 11.9. The van der Waals surface area contributed by atoms with Crippen molar-refractivity contribution in [3.05, 3.63) is 53.6 Å². The van der Waals surface area contributed by atoms with E-state index in [4.69, 9.17) is 0 Å². The molecule has 1 aliphatic rings. The maximum absolute atomic E-state index is 12.5. The van der Waals surface area contributed by atoms with Crippen LogP contribution in [-0.2, 0) is 30.4 Å². The lowest BCUT2D eigenvalue weighted by Crippen LogP contribution is -2.52. The number of likely N-dealkylation sites (tertiary alicyclic amines) is 1. The second kappa shape index (κ2) is 6.90. The van der Waals surface area contributed by atoms with Crippen molar-refractivity contribution in [2.45, 2.75) is 32.5 Å². The maximum Gasteiger partial charge on any atom is 0.416 e. The first-order valence-corrected chi connectivity index (χ1v) is 8.30. The van der Waals surface area contributed by atoms with Gasteiger partial charge in [0.2, 0.25) is 5.91 Å². The third-order valence-corrected chi connectivity index (χ3v) is 4.52. The average Bonchev–Trinajstić information content (AvgIpc) is 2.97. The van der Waals surface area contributed by atoms with E-state index >= 15 is 0 Å². The van der Waals surface area contributed by atoms with Crippen molar-refractivity contribution in [2.24, 2.45) is 5.92 Å². The molecule has 1 aromatic heterocycles. The molecule has 4 nitrogen and oxygen atoms in total. The van der Waals surface area contributed by atoms with Crippen LogP contribution in [0.2, 0.25) is 0 Å². The van der Waals surface area contributed by atoms with Crippen LogP contribution in [0.25, 0.3) is 0 Å². The number of carbonyl (C=O) groups excluding carboxylic acids is 1. The minimum absolute atomic E-state index is 0.0441. The zero-order valence-corrected chi connectivity index (χ0v) is 14.0. The van der Waals surface area contributed by atoms with Gasteiger partial charge in [-0.1, -0.05) is 19.1 Å². The fourth-order valence-corrected chi connectivity index (χ4v) is 3.09. The summed E-state index contributed by atoms with van der Waals surface area (Å²) in [5.74, 6) is 1.39. The van der Waals surface area contributed by atoms with Gasteiger partial charge in [-0.25, -0.2) is 4.98 Å². The van der Waals surface area contributed by atoms with E-state index in [0.717, 1.165) is 30.9 Å². The molecule has 3 rings (SSSR count). The van der Waals surface area contributed by atoms with Crippen LogP contribution in [0.4, 0.5) is 13.2 Å². The number of hydrogen-bond acceptors (Lipinski definition) is 2. The third kappa shape index (κ3) is 4.03. The second-order valence-electron chi connectivity index (χ2n) is 6.39. The third-order valence-electron chi connectivity index (χ3n) is 4.52. The van der Waals surface area contributed by atoms with Gasteiger partial charge in [-0.05, 0) is 17.7 Å². The molecule has 0 radical (unpaired) electrons. The summed E-state index contributed by atoms with van der Waals surface area (Å²) in [6.07, 6.45) is 0.390. The highest BCUT2D eigenvalue weighted by molar-refractivity contribution is 5.79. The molecule has 0 unspecified atom stereocenters. The van der Waals surface area contributed by atoms with Crippen LogP contribution < -0.4 is 0 Å². The van der Waals surface area contributed by atoms with E-state index in [9.17, 15) is 18.0 Å². The molecular formula is C18H20F3N3O. The molecule has 0 spiro atoms. The number of rotatable bonds is 5. The fraction of sp³-hybridized carbons (Fsp3) is 0.444. The zero-order chi connectivity index (χ0) is 18.0. The van der Waals surface area contributed by atoms with Crippen LogP contribution in [0, 0.1) is 5.92 Å². The molecule has 0 saturated carbocycles. The minimum atomic E-state index is -4.35. The van der Waals surface area contributed by atoms with E-state index in [2.05, 4.69) is 16.5 Å². The Kier molecular flexibility index (Phi) is 4.83. The van der Waals surface area contributed by atoms with Crippen molar-refractivity contribution in [3.8, 4) is 0 Å². The van der Waals surface area contributed by atoms with Gasteiger partial charge in [0, 0.05) is 44.4 Å². The maximum atomic E-state index is 12.5. The van der Waals surface area contributed by atoms with Crippen LogP contribution in [0.5, 0.6) is 0 Å². The lowest BCUT2D eigenvalue weighted by Gasteiger charge is -2.39. The monoisotopic (exact) mass is 351 g/mol. The van der Waals surface area contributed by atoms with E-state index in [0.29, 0.717) is 24.6 Å². The lowest BCUT2D eigenvalue weighted by atomic mass is 9.98. The van der Waals surface area contributed by atoms with Crippen molar-refractivity contribution in [1.82, 2.24) is 14.5 Å². The summed E-state index contributed by atoms with van der Waals surface area (Å²) in [6, 6.07) is 4.79. The molecule has 25 heavy (non-hydrogen) atoms. The van der Waals surface area contributed by atoms with Crippen LogP contribution in [-0.4, -0.2) is 33.4 Å². The van der Waals surface area contributed by atoms with Crippen LogP contribution in [0.15, 0.2) is 36.7 Å². The van der Waals surface area contributed by atoms with E-state index < -0.39 is 11.7 Å². The van der Waals surface area contributed by atoms with Crippen LogP contribution in [0.1, 0.15) is 23.9 Å². The number of aryl methyl sites for hydroxylation is 1. The normalized spacial score (nSPS) is 15.3. The number of hydrogen-bond donors (Lipinski definition) is 0. The zero-order valence-electron chi connectivity index (χ0n) is 14.0. The minimum Gasteiger partial charge on any atom is -0.342 e. The summed E-state index contributed by atoms with van der Waals surface area (Å²) in [6.45, 7) is 4.26. The molecule has 2 aromatic rings. The van der Waals surface area contributed by atoms with Crippen LogP contribution in [0.3, 0.4) is 0 Å². The second-order valence-corrected chi connectivity index (χ2v) is 6.39. The van der Waals surface area contributed by atoms with Gasteiger partial charge in [0.25, 0.3) is 0 Å². The topological polar surface area (TPSA) is 38.1 Å². The Morgan fingerprint density at radius 1 is 1.24 bits per heavy atom. The average molecular weight is 351 g/mol. The number of alkyl halides is 3. The molecule has 1 fully saturated rings. The van der Waals surface area contributed by atoms with Crippen molar-refractivity contribution in [1.29, 1.82) is 0 Å². The van der Waals surface area contributed by atoms with Crippen molar-refractivity contribution >= 4 is 5.91 Å². The standard InChI is InChI=1S/C18H20F3N3O/c1-2-16-22-7-8-23(16)10-14-11-24(12-14)17(25)9-13-3-5-15(6-4-13)18(19,20)21/h3-8,14H,2,9-12H2,1H3. The number of benzene rings is 1. The van der Waals surface area contributed by atoms with Crippen molar-refractivity contribution < 1.29 is 18.0 Å². The molecule has 1 aromatic carbocycles. The number of aromatic nitrogens is 2. The van der Waals surface area contributed by atoms with Gasteiger partial charge in [-0.15, -0.1) is 0 Å². The van der Waals surface area contributed by atoms with E-state index in [1.54, 1.807) is 11.1 Å². The molecule has 7 heteroatoms. The van der Waals surface area contributed by atoms with Gasteiger partial charge in [0.05, 0.1) is 12.0 Å². The summed E-state index contributed by atoms with van der Waals surface area (Å²) in [5.41, 5.74) is -0.0934. The summed E-state index contributed by atoms with van der Waals surface area (Å²) in [7, 11) is 0. The molecule has 134 valence electrons. The van der Waals surface area contributed by atoms with E-state index in [1.165, 1.54) is 12.1 Å². The fourth-order valence-electron chi connectivity index (χ4n) is 3.09. The Morgan fingerprint density at radius 3 is 2.52 bits per heavy atom. The molecule has 0 N–H and O–H groups in total. The number of nitrogens with zero attached hydrogens (tertiary/aromatic N) is 3. The summed E-state index contributed by atoms with van der Waals surface area (Å²) < 4.78 is 39.7. The molecule has 2 heterocycles. The summed E-state index contributed by atoms with van der Waals surface area (Å²) in [4.78, 5) is 18.3. The highest BCUT2D eigenvalue weighted by atomic mass is 19.4. The van der Waals surface area contributed by atoms with Gasteiger partial charge < -0.3 is 9.47 Å². The van der Waals surface area contributed by atoms with Crippen molar-refractivity contribution in [2.75, 3.05) is 13.1 Å². The first-order valence-electron chi connectivity index (χ1n) is 8.30. The van der Waals surface area contributed by atoms with Gasteiger partial charge in [0.1, 0.15) is 5.82 Å². The van der Waals surface area contributed by atoms with Crippen LogP contribution >= 0.6 is 0 Å². The summed E-state index contributed by atoms with van der Waals surface area (Å²) >= 11 is 0. The number of halogens is 3. The Bertz CT molecular complexity index is 731.